The molecule has 0 fully saturated rings. The Morgan fingerprint density at radius 3 is 1.78 bits per heavy atom. The van der Waals surface area contributed by atoms with Gasteiger partial charge in [-0.1, -0.05) is 59.7 Å². The molecule has 0 aliphatic rings. The van der Waals surface area contributed by atoms with Gasteiger partial charge >= 0.3 is 0 Å². The first kappa shape index (κ1) is 19.8. The molecule has 1 aromatic heterocycles. The van der Waals surface area contributed by atoms with Crippen LogP contribution in [-0.4, -0.2) is 16.5 Å². The Morgan fingerprint density at radius 2 is 1.30 bits per heavy atom. The van der Waals surface area contributed by atoms with Gasteiger partial charge in [0.1, 0.15) is 4.99 Å². The molecule has 5 heteroatoms. The molecule has 27 heavy (non-hydrogen) atoms. The van der Waals surface area contributed by atoms with Gasteiger partial charge in [0.25, 0.3) is 0 Å². The van der Waals surface area contributed by atoms with Crippen LogP contribution in [0.3, 0.4) is 0 Å². The van der Waals surface area contributed by atoms with Gasteiger partial charge in [-0.05, 0) is 66.3 Å². The molecule has 2 aromatic carbocycles. The van der Waals surface area contributed by atoms with Crippen molar-refractivity contribution in [1.82, 2.24) is 10.3 Å². The molecule has 0 amide bonds. The summed E-state index contributed by atoms with van der Waals surface area (Å²) in [4.78, 5) is 4.78. The highest BCUT2D eigenvalue weighted by Crippen LogP contribution is 2.18. The van der Waals surface area contributed by atoms with E-state index in [4.69, 9.17) is 35.4 Å². The molecule has 0 aliphatic heterocycles. The second-order valence-corrected chi connectivity index (χ2v) is 7.75. The minimum atomic E-state index is 0.382. The van der Waals surface area contributed by atoms with Crippen LogP contribution in [0, 0.1) is 5.92 Å². The molecule has 1 N–H and O–H groups in total. The van der Waals surface area contributed by atoms with E-state index in [0.717, 1.165) is 40.0 Å². The molecule has 138 valence electrons. The molecule has 0 radical (unpaired) electrons. The van der Waals surface area contributed by atoms with Crippen molar-refractivity contribution < 1.29 is 0 Å². The van der Waals surface area contributed by atoms with Gasteiger partial charge in [0.2, 0.25) is 0 Å². The van der Waals surface area contributed by atoms with Gasteiger partial charge in [-0.15, -0.1) is 0 Å². The Balaban J connectivity index is 1.69. The predicted molar refractivity (Wildman–Crippen MR) is 118 cm³/mol. The first-order valence-electron chi connectivity index (χ1n) is 8.77. The van der Waals surface area contributed by atoms with Gasteiger partial charge < -0.3 is 5.32 Å². The molecular formula is C22H20Cl2N2S. The van der Waals surface area contributed by atoms with E-state index >= 15 is 0 Å². The number of rotatable bonds is 7. The SMILES string of the molecule is S=C(NCC(Cc1ccc(Cl)cc1)Cc1ccc(Cl)cc1)c1ccncc1. The summed E-state index contributed by atoms with van der Waals surface area (Å²) in [5.74, 6) is 0.382. The number of thiocarbonyl (C=S) groups is 1. The number of hydrogen-bond donors (Lipinski definition) is 1. The molecule has 0 unspecified atom stereocenters. The third-order valence-electron chi connectivity index (χ3n) is 4.37. The van der Waals surface area contributed by atoms with Crippen LogP contribution in [0.25, 0.3) is 0 Å². The third kappa shape index (κ3) is 6.31. The van der Waals surface area contributed by atoms with E-state index in [1.165, 1.54) is 11.1 Å². The molecule has 2 nitrogen and oxygen atoms in total. The second kappa shape index (κ2) is 9.84. The molecule has 0 saturated carbocycles. The molecule has 3 aromatic rings. The number of nitrogens with one attached hydrogen (secondary N) is 1. The normalized spacial score (nSPS) is 10.8. The first-order valence-corrected chi connectivity index (χ1v) is 9.93. The Bertz CT molecular complexity index is 818. The summed E-state index contributed by atoms with van der Waals surface area (Å²) in [5, 5.41) is 4.92. The van der Waals surface area contributed by atoms with Crippen molar-refractivity contribution >= 4 is 40.4 Å². The fourth-order valence-electron chi connectivity index (χ4n) is 2.97. The maximum absolute atomic E-state index is 6.02. The Hall–Kier alpha value is -1.94. The lowest BCUT2D eigenvalue weighted by molar-refractivity contribution is 0.512. The zero-order valence-electron chi connectivity index (χ0n) is 14.7. The fourth-order valence-corrected chi connectivity index (χ4v) is 3.44. The summed E-state index contributed by atoms with van der Waals surface area (Å²) >= 11 is 17.6. The predicted octanol–water partition coefficient (Wildman–Crippen LogP) is 5.76. The van der Waals surface area contributed by atoms with Crippen LogP contribution in [0.5, 0.6) is 0 Å². The average molecular weight is 415 g/mol. The van der Waals surface area contributed by atoms with Crippen LogP contribution in [-0.2, 0) is 12.8 Å². The van der Waals surface area contributed by atoms with Crippen LogP contribution in [0.2, 0.25) is 10.0 Å². The molecule has 0 bridgehead atoms. The van der Waals surface area contributed by atoms with E-state index in [0.29, 0.717) is 5.92 Å². The van der Waals surface area contributed by atoms with E-state index in [1.807, 2.05) is 36.4 Å². The number of halogens is 2. The highest BCUT2D eigenvalue weighted by molar-refractivity contribution is 7.80. The lowest BCUT2D eigenvalue weighted by atomic mass is 9.92. The lowest BCUT2D eigenvalue weighted by Gasteiger charge is -2.19. The molecule has 1 heterocycles. The van der Waals surface area contributed by atoms with Crippen LogP contribution in [0.15, 0.2) is 73.1 Å². The number of hydrogen-bond acceptors (Lipinski definition) is 2. The highest BCUT2D eigenvalue weighted by atomic mass is 35.5. The van der Waals surface area contributed by atoms with E-state index in [-0.39, 0.29) is 0 Å². The number of benzene rings is 2. The van der Waals surface area contributed by atoms with Gasteiger partial charge in [0, 0.05) is 34.5 Å². The first-order chi connectivity index (χ1) is 13.1. The van der Waals surface area contributed by atoms with E-state index in [1.54, 1.807) is 12.4 Å². The van der Waals surface area contributed by atoms with Gasteiger partial charge in [-0.25, -0.2) is 0 Å². The number of nitrogens with zero attached hydrogens (tertiary/aromatic N) is 1. The largest absolute Gasteiger partial charge is 0.375 e. The van der Waals surface area contributed by atoms with Gasteiger partial charge in [-0.3, -0.25) is 4.98 Å². The number of pyridine rings is 1. The van der Waals surface area contributed by atoms with Crippen molar-refractivity contribution in [3.05, 3.63) is 99.8 Å². The average Bonchev–Trinajstić information content (AvgIpc) is 2.70. The Kier molecular flexibility index (Phi) is 7.22. The third-order valence-corrected chi connectivity index (χ3v) is 5.25. The fraction of sp³-hybridized carbons (Fsp3) is 0.182. The summed E-state index contributed by atoms with van der Waals surface area (Å²) in [6.45, 7) is 0.784. The standard InChI is InChI=1S/C22H20Cl2N2S/c23-20-5-1-16(2-6-20)13-18(14-17-3-7-21(24)8-4-17)15-26-22(27)19-9-11-25-12-10-19/h1-12,18H,13-15H2,(H,26,27). The van der Waals surface area contributed by atoms with Crippen molar-refractivity contribution in [2.45, 2.75) is 12.8 Å². The van der Waals surface area contributed by atoms with Crippen molar-refractivity contribution in [1.29, 1.82) is 0 Å². The van der Waals surface area contributed by atoms with Gasteiger partial charge in [0.15, 0.2) is 0 Å². The quantitative estimate of drug-likeness (QED) is 0.497. The summed E-state index contributed by atoms with van der Waals surface area (Å²) in [7, 11) is 0. The van der Waals surface area contributed by atoms with Crippen LogP contribution in [0.4, 0.5) is 0 Å². The molecule has 0 spiro atoms. The molecule has 0 aliphatic carbocycles. The summed E-state index contributed by atoms with van der Waals surface area (Å²) in [5.41, 5.74) is 3.50. The summed E-state index contributed by atoms with van der Waals surface area (Å²) < 4.78 is 0. The molecule has 0 saturated heterocycles. The molecular weight excluding hydrogens is 395 g/mol. The number of aromatic nitrogens is 1. The summed E-state index contributed by atoms with van der Waals surface area (Å²) in [6, 6.07) is 19.9. The van der Waals surface area contributed by atoms with Crippen LogP contribution in [0.1, 0.15) is 16.7 Å². The van der Waals surface area contributed by atoms with E-state index in [2.05, 4.69) is 34.6 Å². The second-order valence-electron chi connectivity index (χ2n) is 6.47. The monoisotopic (exact) mass is 414 g/mol. The molecule has 3 rings (SSSR count). The van der Waals surface area contributed by atoms with Crippen molar-refractivity contribution in [2.24, 2.45) is 5.92 Å². The zero-order valence-corrected chi connectivity index (χ0v) is 17.1. The van der Waals surface area contributed by atoms with E-state index in [9.17, 15) is 0 Å². The minimum Gasteiger partial charge on any atom is -0.375 e. The van der Waals surface area contributed by atoms with Crippen molar-refractivity contribution in [3.8, 4) is 0 Å². The lowest BCUT2D eigenvalue weighted by Crippen LogP contribution is -2.30. The highest BCUT2D eigenvalue weighted by Gasteiger charge is 2.13. The maximum Gasteiger partial charge on any atom is 0.106 e. The summed E-state index contributed by atoms with van der Waals surface area (Å²) in [6.07, 6.45) is 5.38. The smallest absolute Gasteiger partial charge is 0.106 e. The van der Waals surface area contributed by atoms with Crippen molar-refractivity contribution in [2.75, 3.05) is 6.54 Å². The van der Waals surface area contributed by atoms with Crippen LogP contribution >= 0.6 is 35.4 Å². The Labute approximate surface area is 175 Å². The Morgan fingerprint density at radius 1 is 0.815 bits per heavy atom. The maximum atomic E-state index is 6.02. The van der Waals surface area contributed by atoms with Crippen molar-refractivity contribution in [3.63, 3.8) is 0 Å². The topological polar surface area (TPSA) is 24.9 Å². The van der Waals surface area contributed by atoms with E-state index < -0.39 is 0 Å². The molecule has 0 atom stereocenters. The van der Waals surface area contributed by atoms with Gasteiger partial charge in [0.05, 0.1) is 0 Å². The zero-order chi connectivity index (χ0) is 19.1. The van der Waals surface area contributed by atoms with Gasteiger partial charge in [-0.2, -0.15) is 0 Å². The minimum absolute atomic E-state index is 0.382. The van der Waals surface area contributed by atoms with Crippen LogP contribution < -0.4 is 5.32 Å².